The molecule has 0 aliphatic heterocycles. The molecule has 0 aliphatic carbocycles. The van der Waals surface area contributed by atoms with Crippen LogP contribution >= 0.6 is 0 Å². The van der Waals surface area contributed by atoms with E-state index in [0.29, 0.717) is 122 Å². The number of pyridine rings is 2. The maximum Gasteiger partial charge on any atom is 0.264 e. The van der Waals surface area contributed by atoms with Crippen molar-refractivity contribution in [3.05, 3.63) is 237 Å². The molecule has 0 spiro atoms. The molecule has 0 fully saturated rings. The Balaban J connectivity index is 0.879. The average molecular weight is 1680 g/mol. The maximum atomic E-state index is 16.8. The number of nitrogens with zero attached hydrogens (tertiary/aromatic N) is 4. The standard InChI is InChI=1S/C116H132N4O6/c1-5-9-13-17-21-25-29-33-37-41-49-81-57-67-87(68-58-81)123-99-77-93-103-96(116(122)120-112-92-56-48-46-54-86(92)65-75-97(112)117-113(93)120)80-102(126-90-73-63-84(64-74-90)52-44-40-36-32-28-24-20-16-12-8-4)108-107-101(125-89-71-61-83(62-72-89)51-43-39-35-31-27-23-19-15-11-7-3)79-95-104-94(114-118-111-91-55-47-45-53-85(91)66-76-98(111)119(114)115(95)121)78-100(106(110(104)107)105(99)109(103)108)124-88-69-59-82(60-70-88)50-42-38-34-30-26-22-18-14-10-6-2/h45-48,53-80H,5-44,49-52H2,1-4H3. The van der Waals surface area contributed by atoms with Crippen LogP contribution in [0.15, 0.2) is 204 Å². The van der Waals surface area contributed by atoms with E-state index >= 15 is 9.59 Å². The second-order valence-corrected chi connectivity index (χ2v) is 36.9. The molecule has 652 valence electrons. The first-order valence-corrected chi connectivity index (χ1v) is 49.6. The predicted octanol–water partition coefficient (Wildman–Crippen LogP) is 34.6. The number of unbranched alkanes of at least 4 members (excludes halogenated alkanes) is 36. The minimum absolute atomic E-state index is 0.228. The number of ether oxygens (including phenoxy) is 4. The zero-order valence-electron chi connectivity index (χ0n) is 75.8. The number of rotatable bonds is 52. The van der Waals surface area contributed by atoms with Gasteiger partial charge in [0.25, 0.3) is 11.1 Å². The topological polar surface area (TPSA) is 106 Å². The van der Waals surface area contributed by atoms with Crippen molar-refractivity contribution in [2.75, 3.05) is 0 Å². The summed E-state index contributed by atoms with van der Waals surface area (Å²) in [7, 11) is 0. The van der Waals surface area contributed by atoms with Gasteiger partial charge in [-0.15, -0.1) is 0 Å². The zero-order valence-corrected chi connectivity index (χ0v) is 75.8. The Labute approximate surface area is 745 Å². The highest BCUT2D eigenvalue weighted by atomic mass is 16.5. The van der Waals surface area contributed by atoms with E-state index in [1.54, 1.807) is 0 Å². The SMILES string of the molecule is CCCCCCCCCCCCc1ccc(Oc2cc3c(=O)n4c5ccc6ccccc6c5nc4c4cc(Oc5ccc(CCCCCCCCCCCC)cc5)c5c6c(Oc7ccc(CCCCCCCCCCCC)cc7)cc7c8c(cc(Oc9ccc(CCCCCCCCCCCC)cc9)c(c2c5c34)c68)c(=O)n2c7nc3ccc4ccccc4c32)cc1. The molecule has 10 heteroatoms. The fourth-order valence-electron chi connectivity index (χ4n) is 20.5. The lowest BCUT2D eigenvalue weighted by Crippen LogP contribution is -2.15. The second kappa shape index (κ2) is 42.6. The zero-order chi connectivity index (χ0) is 85.9. The Kier molecular flexibility index (Phi) is 29.5. The molecule has 4 aromatic heterocycles. The highest BCUT2D eigenvalue weighted by molar-refractivity contribution is 6.45. The van der Waals surface area contributed by atoms with Gasteiger partial charge < -0.3 is 18.9 Å². The van der Waals surface area contributed by atoms with Crippen molar-refractivity contribution in [1.82, 2.24) is 18.8 Å². The van der Waals surface area contributed by atoms with Crippen molar-refractivity contribution >= 4 is 120 Å². The fourth-order valence-corrected chi connectivity index (χ4v) is 20.5. The smallest absolute Gasteiger partial charge is 0.264 e. The lowest BCUT2D eigenvalue weighted by atomic mass is 9.84. The van der Waals surface area contributed by atoms with E-state index in [2.05, 4.69) is 179 Å². The largest absolute Gasteiger partial charge is 0.457 e. The average Bonchev–Trinajstić information content (AvgIpc) is 1.11. The van der Waals surface area contributed by atoms with E-state index < -0.39 is 0 Å². The number of fused-ring (bicyclic) bond motifs is 14. The molecule has 4 heterocycles. The van der Waals surface area contributed by atoms with Crippen LogP contribution in [0.4, 0.5) is 0 Å². The first kappa shape index (κ1) is 87.2. The highest BCUT2D eigenvalue weighted by Gasteiger charge is 2.34. The Hall–Kier alpha value is -10.8. The number of hydrogen-bond donors (Lipinski definition) is 0. The first-order valence-electron chi connectivity index (χ1n) is 49.6. The van der Waals surface area contributed by atoms with Gasteiger partial charge in [0.1, 0.15) is 57.3 Å². The summed E-state index contributed by atoms with van der Waals surface area (Å²) in [5.41, 5.74) is 8.45. The van der Waals surface area contributed by atoms with E-state index in [1.807, 2.05) is 51.3 Å². The minimum atomic E-state index is -0.229. The summed E-state index contributed by atoms with van der Waals surface area (Å²) < 4.78 is 34.6. The van der Waals surface area contributed by atoms with E-state index in [-0.39, 0.29) is 11.1 Å². The lowest BCUT2D eigenvalue weighted by molar-refractivity contribution is 0.483. The Morgan fingerprint density at radius 1 is 0.246 bits per heavy atom. The predicted molar refractivity (Wildman–Crippen MR) is 533 cm³/mol. The van der Waals surface area contributed by atoms with Crippen molar-refractivity contribution < 1.29 is 18.9 Å². The molecule has 0 bridgehead atoms. The fraction of sp³-hybridized carbons (Fsp3) is 0.414. The normalized spacial score (nSPS) is 12.2. The van der Waals surface area contributed by atoms with Crippen LogP contribution < -0.4 is 30.1 Å². The van der Waals surface area contributed by atoms with Crippen LogP contribution in [0.25, 0.3) is 120 Å². The molecule has 0 N–H and O–H groups in total. The van der Waals surface area contributed by atoms with Gasteiger partial charge in [-0.05, 0) is 169 Å². The third kappa shape index (κ3) is 19.6. The van der Waals surface area contributed by atoms with Crippen LogP contribution in [0, 0.1) is 0 Å². The Bertz CT molecular complexity index is 6430. The number of hydrogen-bond acceptors (Lipinski definition) is 8. The van der Waals surface area contributed by atoms with E-state index in [0.717, 1.165) is 94.7 Å². The van der Waals surface area contributed by atoms with E-state index in [9.17, 15) is 0 Å². The third-order valence-electron chi connectivity index (χ3n) is 27.5. The summed E-state index contributed by atoms with van der Waals surface area (Å²) in [4.78, 5) is 44.8. The van der Waals surface area contributed by atoms with Crippen molar-refractivity contribution in [3.8, 4) is 46.0 Å². The summed E-state index contributed by atoms with van der Waals surface area (Å²) in [5.74, 6) is 4.44. The second-order valence-electron chi connectivity index (χ2n) is 36.9. The molecule has 13 aromatic carbocycles. The Morgan fingerprint density at radius 2 is 0.532 bits per heavy atom. The van der Waals surface area contributed by atoms with E-state index in [4.69, 9.17) is 28.9 Å². The van der Waals surface area contributed by atoms with Crippen LogP contribution in [-0.4, -0.2) is 18.8 Å². The highest BCUT2D eigenvalue weighted by Crippen LogP contribution is 2.58. The molecule has 0 saturated carbocycles. The molecule has 17 aromatic rings. The summed E-state index contributed by atoms with van der Waals surface area (Å²) in [6, 6.07) is 67.7. The summed E-state index contributed by atoms with van der Waals surface area (Å²) >= 11 is 0. The number of aryl methyl sites for hydroxylation is 4. The summed E-state index contributed by atoms with van der Waals surface area (Å²) in [6.07, 6.45) is 55.0. The van der Waals surface area contributed by atoms with Crippen LogP contribution in [0.1, 0.15) is 307 Å². The summed E-state index contributed by atoms with van der Waals surface area (Å²) in [5, 5.41) is 11.8. The van der Waals surface area contributed by atoms with Gasteiger partial charge in [-0.2, -0.15) is 0 Å². The van der Waals surface area contributed by atoms with Gasteiger partial charge in [-0.3, -0.25) is 18.4 Å². The molecule has 0 amide bonds. The molecule has 0 atom stereocenters. The number of aromatic nitrogens is 4. The van der Waals surface area contributed by atoms with Crippen LogP contribution in [0.3, 0.4) is 0 Å². The van der Waals surface area contributed by atoms with Gasteiger partial charge in [0, 0.05) is 64.6 Å². The van der Waals surface area contributed by atoms with Crippen LogP contribution in [0.5, 0.6) is 46.0 Å². The van der Waals surface area contributed by atoms with Crippen molar-refractivity contribution in [3.63, 3.8) is 0 Å². The van der Waals surface area contributed by atoms with Gasteiger partial charge in [-0.1, -0.05) is 368 Å². The van der Waals surface area contributed by atoms with Crippen molar-refractivity contribution in [1.29, 1.82) is 0 Å². The molecule has 17 rings (SSSR count). The quantitative estimate of drug-likeness (QED) is 0.0211. The minimum Gasteiger partial charge on any atom is -0.457 e. The maximum absolute atomic E-state index is 16.8. The number of imidazole rings is 2. The van der Waals surface area contributed by atoms with Crippen molar-refractivity contribution in [2.45, 2.75) is 310 Å². The molecule has 0 saturated heterocycles. The molecular weight excluding hydrogens is 1550 g/mol. The summed E-state index contributed by atoms with van der Waals surface area (Å²) in [6.45, 7) is 9.15. The first-order chi connectivity index (χ1) is 62.2. The van der Waals surface area contributed by atoms with Crippen molar-refractivity contribution in [2.24, 2.45) is 0 Å². The molecular formula is C116H132N4O6. The van der Waals surface area contributed by atoms with Crippen LogP contribution in [0.2, 0.25) is 0 Å². The van der Waals surface area contributed by atoms with Gasteiger partial charge in [0.15, 0.2) is 0 Å². The molecule has 0 aliphatic rings. The molecule has 10 nitrogen and oxygen atoms in total. The Morgan fingerprint density at radius 3 is 0.881 bits per heavy atom. The molecule has 0 unspecified atom stereocenters. The van der Waals surface area contributed by atoms with Crippen LogP contribution in [-0.2, 0) is 25.7 Å². The van der Waals surface area contributed by atoms with Gasteiger partial charge in [0.2, 0.25) is 0 Å². The van der Waals surface area contributed by atoms with E-state index in [1.165, 1.54) is 253 Å². The lowest BCUT2D eigenvalue weighted by Gasteiger charge is -2.25. The van der Waals surface area contributed by atoms with Gasteiger partial charge in [0.05, 0.1) is 32.8 Å². The molecule has 0 radical (unpaired) electrons. The van der Waals surface area contributed by atoms with Gasteiger partial charge >= 0.3 is 0 Å². The van der Waals surface area contributed by atoms with Gasteiger partial charge in [-0.25, -0.2) is 9.97 Å². The molecule has 126 heavy (non-hydrogen) atoms. The monoisotopic (exact) mass is 1680 g/mol. The number of benzene rings is 13. The third-order valence-corrected chi connectivity index (χ3v) is 27.5.